The van der Waals surface area contributed by atoms with Crippen molar-refractivity contribution in [2.24, 2.45) is 0 Å². The van der Waals surface area contributed by atoms with Crippen LogP contribution in [-0.4, -0.2) is 17.0 Å². The van der Waals surface area contributed by atoms with Gasteiger partial charge in [-0.1, -0.05) is 12.1 Å². The van der Waals surface area contributed by atoms with Gasteiger partial charge in [-0.25, -0.2) is 0 Å². The van der Waals surface area contributed by atoms with Gasteiger partial charge in [-0.3, -0.25) is 4.79 Å². The molecule has 5 heteroatoms. The molecule has 1 aromatic carbocycles. The Hall–Kier alpha value is -1.94. The molecule has 0 fully saturated rings. The van der Waals surface area contributed by atoms with Crippen molar-refractivity contribution in [3.63, 3.8) is 0 Å². The van der Waals surface area contributed by atoms with Gasteiger partial charge in [0.25, 0.3) is 5.91 Å². The summed E-state index contributed by atoms with van der Waals surface area (Å²) in [7, 11) is 0. The second kappa shape index (κ2) is 8.06. The van der Waals surface area contributed by atoms with Crippen LogP contribution in [0.1, 0.15) is 47.2 Å². The van der Waals surface area contributed by atoms with E-state index in [9.17, 15) is 4.79 Å². The lowest BCUT2D eigenvalue weighted by atomic mass is 10.1. The number of nitrogens with zero attached hydrogens (tertiary/aromatic N) is 1. The molecule has 0 aliphatic rings. The summed E-state index contributed by atoms with van der Waals surface area (Å²) in [4.78, 5) is 12.4. The molecule has 23 heavy (non-hydrogen) atoms. The number of aromatic nitrogens is 1. The molecule has 0 spiro atoms. The average Bonchev–Trinajstić information content (AvgIpc) is 2.76. The zero-order chi connectivity index (χ0) is 16.3. The van der Waals surface area contributed by atoms with Gasteiger partial charge < -0.3 is 15.6 Å². The molecule has 0 aliphatic heterocycles. The van der Waals surface area contributed by atoms with Gasteiger partial charge in [-0.05, 0) is 57.9 Å². The van der Waals surface area contributed by atoms with Crippen molar-refractivity contribution >= 4 is 24.0 Å². The predicted octanol–water partition coefficient (Wildman–Crippen LogP) is 3.66. The summed E-state index contributed by atoms with van der Waals surface area (Å²) in [6, 6.07) is 10.1. The van der Waals surface area contributed by atoms with E-state index in [1.54, 1.807) is 0 Å². The highest BCUT2D eigenvalue weighted by atomic mass is 35.5. The van der Waals surface area contributed by atoms with Crippen LogP contribution >= 0.6 is 12.4 Å². The Kier molecular flexibility index (Phi) is 6.70. The minimum absolute atomic E-state index is 0. The van der Waals surface area contributed by atoms with Gasteiger partial charge in [-0.2, -0.15) is 0 Å². The molecule has 1 amide bonds. The number of carbonyl (C=O) groups is 1. The van der Waals surface area contributed by atoms with Crippen LogP contribution in [0, 0.1) is 13.8 Å². The maximum atomic E-state index is 12.4. The maximum absolute atomic E-state index is 12.4. The van der Waals surface area contributed by atoms with E-state index in [4.69, 9.17) is 5.73 Å². The second-order valence-corrected chi connectivity index (χ2v) is 6.00. The summed E-state index contributed by atoms with van der Waals surface area (Å²) in [5.74, 6) is -0.00422. The Morgan fingerprint density at radius 3 is 2.35 bits per heavy atom. The van der Waals surface area contributed by atoms with Crippen molar-refractivity contribution in [2.75, 3.05) is 12.3 Å². The zero-order valence-corrected chi connectivity index (χ0v) is 15.0. The first-order valence-electron chi connectivity index (χ1n) is 7.71. The number of rotatable bonds is 5. The van der Waals surface area contributed by atoms with Crippen molar-refractivity contribution in [3.05, 3.63) is 52.8 Å². The zero-order valence-electron chi connectivity index (χ0n) is 14.2. The minimum Gasteiger partial charge on any atom is -0.399 e. The number of nitrogens with one attached hydrogen (secondary N) is 1. The van der Waals surface area contributed by atoms with Crippen LogP contribution in [0.25, 0.3) is 0 Å². The lowest BCUT2D eigenvalue weighted by Gasteiger charge is -2.13. The van der Waals surface area contributed by atoms with E-state index >= 15 is 0 Å². The van der Waals surface area contributed by atoms with Crippen LogP contribution in [0.2, 0.25) is 0 Å². The van der Waals surface area contributed by atoms with Gasteiger partial charge in [0.1, 0.15) is 0 Å². The molecule has 2 rings (SSSR count). The first-order chi connectivity index (χ1) is 10.4. The fourth-order valence-corrected chi connectivity index (χ4v) is 2.90. The standard InChI is InChI=1S/C18H25N3O.ClH/c1-12(2)21-13(3)11-17(14(21)4)18(22)20-10-9-15-5-7-16(19)8-6-15;/h5-8,11-12H,9-10,19H2,1-4H3,(H,20,22);1H. The number of amides is 1. The number of anilines is 1. The SMILES string of the molecule is Cc1cc(C(=O)NCCc2ccc(N)cc2)c(C)n1C(C)C.Cl. The van der Waals surface area contributed by atoms with Crippen LogP contribution < -0.4 is 11.1 Å². The Morgan fingerprint density at radius 1 is 1.22 bits per heavy atom. The van der Waals surface area contributed by atoms with E-state index in [0.717, 1.165) is 29.1 Å². The minimum atomic E-state index is -0.00422. The quantitative estimate of drug-likeness (QED) is 0.819. The second-order valence-electron chi connectivity index (χ2n) is 6.00. The molecule has 0 unspecified atom stereocenters. The van der Waals surface area contributed by atoms with Crippen LogP contribution in [0.4, 0.5) is 5.69 Å². The van der Waals surface area contributed by atoms with Gasteiger partial charge in [0, 0.05) is 29.7 Å². The van der Waals surface area contributed by atoms with Crippen molar-refractivity contribution in [1.29, 1.82) is 0 Å². The number of aryl methyl sites for hydroxylation is 1. The van der Waals surface area contributed by atoms with Crippen molar-refractivity contribution in [3.8, 4) is 0 Å². The highest BCUT2D eigenvalue weighted by molar-refractivity contribution is 5.95. The fraction of sp³-hybridized carbons (Fsp3) is 0.389. The third-order valence-electron chi connectivity index (χ3n) is 3.92. The topological polar surface area (TPSA) is 60.1 Å². The van der Waals surface area contributed by atoms with E-state index in [1.165, 1.54) is 5.56 Å². The molecule has 0 radical (unpaired) electrons. The van der Waals surface area contributed by atoms with Crippen LogP contribution in [0.3, 0.4) is 0 Å². The molecule has 126 valence electrons. The van der Waals surface area contributed by atoms with Gasteiger partial charge in [0.05, 0.1) is 5.56 Å². The highest BCUT2D eigenvalue weighted by Gasteiger charge is 2.16. The molecular formula is C18H26ClN3O. The monoisotopic (exact) mass is 335 g/mol. The third kappa shape index (κ3) is 4.52. The molecule has 2 aromatic rings. The summed E-state index contributed by atoms with van der Waals surface area (Å²) in [5, 5.41) is 3.00. The van der Waals surface area contributed by atoms with E-state index in [0.29, 0.717) is 12.6 Å². The lowest BCUT2D eigenvalue weighted by Crippen LogP contribution is -2.26. The Bertz CT molecular complexity index is 660. The average molecular weight is 336 g/mol. The summed E-state index contributed by atoms with van der Waals surface area (Å²) >= 11 is 0. The molecule has 1 heterocycles. The predicted molar refractivity (Wildman–Crippen MR) is 98.4 cm³/mol. The van der Waals surface area contributed by atoms with Crippen LogP contribution in [0.5, 0.6) is 0 Å². The number of hydrogen-bond acceptors (Lipinski definition) is 2. The molecule has 4 nitrogen and oxygen atoms in total. The van der Waals surface area contributed by atoms with E-state index in [2.05, 4.69) is 23.7 Å². The summed E-state index contributed by atoms with van der Waals surface area (Å²) in [5.41, 5.74) is 10.5. The number of nitrogens with two attached hydrogens (primary N) is 1. The van der Waals surface area contributed by atoms with Crippen molar-refractivity contribution in [2.45, 2.75) is 40.2 Å². The smallest absolute Gasteiger partial charge is 0.253 e. The van der Waals surface area contributed by atoms with E-state index in [1.807, 2.05) is 44.2 Å². The maximum Gasteiger partial charge on any atom is 0.253 e. The van der Waals surface area contributed by atoms with Crippen LogP contribution in [0.15, 0.2) is 30.3 Å². The normalized spacial score (nSPS) is 10.5. The first kappa shape index (κ1) is 19.1. The van der Waals surface area contributed by atoms with Gasteiger partial charge >= 0.3 is 0 Å². The number of halogens is 1. The highest BCUT2D eigenvalue weighted by Crippen LogP contribution is 2.20. The third-order valence-corrected chi connectivity index (χ3v) is 3.92. The Balaban J connectivity index is 0.00000264. The van der Waals surface area contributed by atoms with E-state index in [-0.39, 0.29) is 18.3 Å². The molecule has 0 bridgehead atoms. The number of nitrogen functional groups attached to an aromatic ring is 1. The fourth-order valence-electron chi connectivity index (χ4n) is 2.90. The number of hydrogen-bond donors (Lipinski definition) is 2. The van der Waals surface area contributed by atoms with Crippen LogP contribution in [-0.2, 0) is 6.42 Å². The van der Waals surface area contributed by atoms with Crippen molar-refractivity contribution in [1.82, 2.24) is 9.88 Å². The molecule has 1 aromatic heterocycles. The molecule has 0 saturated heterocycles. The molecule has 3 N–H and O–H groups in total. The summed E-state index contributed by atoms with van der Waals surface area (Å²) in [6.45, 7) is 8.92. The summed E-state index contributed by atoms with van der Waals surface area (Å²) < 4.78 is 2.19. The van der Waals surface area contributed by atoms with Gasteiger partial charge in [-0.15, -0.1) is 12.4 Å². The molecular weight excluding hydrogens is 310 g/mol. The van der Waals surface area contributed by atoms with Crippen molar-refractivity contribution < 1.29 is 4.79 Å². The lowest BCUT2D eigenvalue weighted by molar-refractivity contribution is 0.0953. The first-order valence-corrected chi connectivity index (χ1v) is 7.71. The summed E-state index contributed by atoms with van der Waals surface area (Å²) in [6.07, 6.45) is 0.801. The molecule has 0 aliphatic carbocycles. The van der Waals surface area contributed by atoms with Gasteiger partial charge in [0.15, 0.2) is 0 Å². The Labute approximate surface area is 144 Å². The largest absolute Gasteiger partial charge is 0.399 e. The van der Waals surface area contributed by atoms with E-state index < -0.39 is 0 Å². The molecule has 0 saturated carbocycles. The Morgan fingerprint density at radius 2 is 1.83 bits per heavy atom. The number of benzene rings is 1. The molecule has 0 atom stereocenters. The number of carbonyl (C=O) groups excluding carboxylic acids is 1. The van der Waals surface area contributed by atoms with Gasteiger partial charge in [0.2, 0.25) is 0 Å².